The molecule has 1 atom stereocenters. The van der Waals surface area contributed by atoms with Crippen LogP contribution in [0, 0.1) is 0 Å². The number of carbonyl (C=O) groups is 1. The molecule has 3 heteroatoms. The molecular formula is C5H12NO2+. The van der Waals surface area contributed by atoms with Crippen LogP contribution in [0.1, 0.15) is 20.3 Å². The second kappa shape index (κ2) is 2.24. The van der Waals surface area contributed by atoms with Crippen molar-refractivity contribution in [3.63, 3.8) is 0 Å². The lowest BCUT2D eigenvalue weighted by Crippen LogP contribution is -2.44. The molecule has 0 unspecified atom stereocenters. The maximum Gasteiger partial charge on any atom is 0.275 e. The number of carbonyl (C=O) groups excluding carboxylic acids is 1. The van der Waals surface area contributed by atoms with Crippen LogP contribution in [-0.4, -0.2) is 16.6 Å². The summed E-state index contributed by atoms with van der Waals surface area (Å²) in [6, 6.07) is 0. The van der Waals surface area contributed by atoms with Crippen LogP contribution in [0.25, 0.3) is 0 Å². The highest BCUT2D eigenvalue weighted by atomic mass is 16.3. The number of nitrogens with two attached hydrogens (primary N) is 1. The minimum atomic E-state index is -1.38. The highest BCUT2D eigenvalue weighted by molar-refractivity contribution is 5.85. The Morgan fingerprint density at radius 2 is 2.25 bits per heavy atom. The molecule has 4 N–H and O–H groups in total. The van der Waals surface area contributed by atoms with Gasteiger partial charge in [-0.3, -0.25) is 10.5 Å². The lowest BCUT2D eigenvalue weighted by Gasteiger charge is -2.07. The van der Waals surface area contributed by atoms with E-state index in [4.69, 9.17) is 10.8 Å². The quantitative estimate of drug-likeness (QED) is 0.387. The Hall–Kier alpha value is -0.410. The molecule has 0 saturated heterocycles. The van der Waals surface area contributed by atoms with Crippen molar-refractivity contribution in [3.8, 4) is 0 Å². The fraction of sp³-hybridized carbons (Fsp3) is 0.800. The normalized spacial score (nSPS) is 17.5. The number of Topliss-reactive ketones (excluding diaryl/α,β-unsaturated/α-hetero) is 1. The van der Waals surface area contributed by atoms with Gasteiger partial charge in [-0.25, -0.2) is 0 Å². The van der Waals surface area contributed by atoms with Gasteiger partial charge in [0.25, 0.3) is 5.72 Å². The van der Waals surface area contributed by atoms with Gasteiger partial charge in [-0.1, -0.05) is 6.92 Å². The third-order valence-electron chi connectivity index (χ3n) is 0.900. The maximum absolute atomic E-state index is 10.5. The Labute approximate surface area is 48.5 Å². The minimum Gasteiger partial charge on any atom is -0.424 e. The zero-order chi connectivity index (χ0) is 6.78. The van der Waals surface area contributed by atoms with Crippen molar-refractivity contribution in [2.24, 2.45) is 5.73 Å². The first-order valence-electron chi connectivity index (χ1n) is 2.55. The van der Waals surface area contributed by atoms with Crippen LogP contribution in [0.2, 0.25) is 0 Å². The molecule has 0 saturated carbocycles. The summed E-state index contributed by atoms with van der Waals surface area (Å²) in [5.74, 6) is -0.225. The summed E-state index contributed by atoms with van der Waals surface area (Å²) in [6.07, 6.45) is 0.344. The predicted octanol–water partition coefficient (Wildman–Crippen LogP) is -0.635. The molecule has 0 radical (unpaired) electrons. The SMILES string of the molecule is CCC(=O)[C@@](C)(N)[OH2+]. The van der Waals surface area contributed by atoms with Gasteiger partial charge in [-0.15, -0.1) is 0 Å². The zero-order valence-corrected chi connectivity index (χ0v) is 5.19. The molecule has 0 heterocycles. The van der Waals surface area contributed by atoms with E-state index < -0.39 is 5.72 Å². The summed E-state index contributed by atoms with van der Waals surface area (Å²) in [5.41, 5.74) is 3.73. The molecule has 0 amide bonds. The topological polar surface area (TPSA) is 66.0 Å². The van der Waals surface area contributed by atoms with Gasteiger partial charge in [0.2, 0.25) is 5.78 Å². The average Bonchev–Trinajstić information content (AvgIpc) is 1.62. The molecule has 8 heavy (non-hydrogen) atoms. The zero-order valence-electron chi connectivity index (χ0n) is 5.19. The summed E-state index contributed by atoms with van der Waals surface area (Å²) < 4.78 is 0. The van der Waals surface area contributed by atoms with E-state index in [1.807, 2.05) is 0 Å². The monoisotopic (exact) mass is 118 g/mol. The molecule has 0 aromatic rings. The molecule has 0 aliphatic heterocycles. The molecule has 3 nitrogen and oxygen atoms in total. The standard InChI is InChI=1S/C5H11NO2/c1-3-4(7)5(2,6)8/h8H,3,6H2,1-2H3/p+1/t5-/m0/s1. The summed E-state index contributed by atoms with van der Waals surface area (Å²) in [5, 5.41) is 6.97. The van der Waals surface area contributed by atoms with Gasteiger partial charge in [0.05, 0.1) is 0 Å². The first-order chi connectivity index (χ1) is 3.48. The fourth-order valence-corrected chi connectivity index (χ4v) is 0.367. The van der Waals surface area contributed by atoms with E-state index in [2.05, 4.69) is 0 Å². The van der Waals surface area contributed by atoms with E-state index >= 15 is 0 Å². The second-order valence-corrected chi connectivity index (χ2v) is 1.98. The van der Waals surface area contributed by atoms with E-state index in [9.17, 15) is 4.79 Å². The van der Waals surface area contributed by atoms with Crippen LogP contribution < -0.4 is 5.73 Å². The van der Waals surface area contributed by atoms with Gasteiger partial charge < -0.3 is 5.11 Å². The van der Waals surface area contributed by atoms with E-state index in [0.29, 0.717) is 6.42 Å². The van der Waals surface area contributed by atoms with Crippen LogP contribution in [0.5, 0.6) is 0 Å². The molecule has 0 aromatic heterocycles. The molecule has 0 aromatic carbocycles. The van der Waals surface area contributed by atoms with E-state index in [1.165, 1.54) is 6.92 Å². The van der Waals surface area contributed by atoms with Crippen molar-refractivity contribution < 1.29 is 9.90 Å². The first kappa shape index (κ1) is 7.59. The predicted molar refractivity (Wildman–Crippen MR) is 31.5 cm³/mol. The van der Waals surface area contributed by atoms with E-state index in [1.54, 1.807) is 6.92 Å². The number of hydrogen-bond donors (Lipinski definition) is 1. The lowest BCUT2D eigenvalue weighted by molar-refractivity contribution is -0.134. The van der Waals surface area contributed by atoms with Gasteiger partial charge in [0, 0.05) is 13.3 Å². The largest absolute Gasteiger partial charge is 0.424 e. The van der Waals surface area contributed by atoms with Gasteiger partial charge in [0.15, 0.2) is 0 Å². The highest BCUT2D eigenvalue weighted by Gasteiger charge is 2.27. The van der Waals surface area contributed by atoms with Gasteiger partial charge >= 0.3 is 0 Å². The number of hydrogen-bond acceptors (Lipinski definition) is 2. The Morgan fingerprint density at radius 1 is 1.88 bits per heavy atom. The maximum atomic E-state index is 10.5. The summed E-state index contributed by atoms with van der Waals surface area (Å²) >= 11 is 0. The van der Waals surface area contributed by atoms with Crippen LogP contribution >= 0.6 is 0 Å². The molecular weight excluding hydrogens is 106 g/mol. The summed E-state index contributed by atoms with van der Waals surface area (Å²) in [6.45, 7) is 3.08. The molecule has 0 fully saturated rings. The van der Waals surface area contributed by atoms with E-state index in [-0.39, 0.29) is 5.78 Å². The third kappa shape index (κ3) is 2.04. The van der Waals surface area contributed by atoms with Gasteiger partial charge in [-0.2, -0.15) is 0 Å². The number of ketones is 1. The van der Waals surface area contributed by atoms with Gasteiger partial charge in [-0.05, 0) is 0 Å². The van der Waals surface area contributed by atoms with Crippen LogP contribution in [0.3, 0.4) is 0 Å². The average molecular weight is 118 g/mol. The van der Waals surface area contributed by atoms with Crippen LogP contribution in [0.15, 0.2) is 0 Å². The van der Waals surface area contributed by atoms with Crippen molar-refractivity contribution in [3.05, 3.63) is 0 Å². The van der Waals surface area contributed by atoms with Gasteiger partial charge in [0.1, 0.15) is 0 Å². The van der Waals surface area contributed by atoms with Crippen LogP contribution in [-0.2, 0) is 4.79 Å². The highest BCUT2D eigenvalue weighted by Crippen LogP contribution is 1.96. The Balaban J connectivity index is 3.82. The Morgan fingerprint density at radius 3 is 2.25 bits per heavy atom. The van der Waals surface area contributed by atoms with Crippen LogP contribution in [0.4, 0.5) is 0 Å². The smallest absolute Gasteiger partial charge is 0.275 e. The lowest BCUT2D eigenvalue weighted by atomic mass is 10.1. The summed E-state index contributed by atoms with van der Waals surface area (Å²) in [4.78, 5) is 10.5. The summed E-state index contributed by atoms with van der Waals surface area (Å²) in [7, 11) is 0. The van der Waals surface area contributed by atoms with Crippen molar-refractivity contribution in [1.29, 1.82) is 0 Å². The van der Waals surface area contributed by atoms with Crippen molar-refractivity contribution in [1.82, 2.24) is 0 Å². The van der Waals surface area contributed by atoms with Crippen molar-refractivity contribution in [2.45, 2.75) is 26.0 Å². The second-order valence-electron chi connectivity index (χ2n) is 1.98. The third-order valence-corrected chi connectivity index (χ3v) is 0.900. The molecule has 0 aliphatic rings. The Bertz CT molecular complexity index is 93.1. The minimum absolute atomic E-state index is 0.225. The Kier molecular flexibility index (Phi) is 2.12. The molecule has 0 aliphatic carbocycles. The molecule has 0 rings (SSSR count). The molecule has 0 spiro atoms. The first-order valence-corrected chi connectivity index (χ1v) is 2.55. The van der Waals surface area contributed by atoms with Crippen molar-refractivity contribution >= 4 is 5.78 Å². The van der Waals surface area contributed by atoms with Crippen molar-refractivity contribution in [2.75, 3.05) is 0 Å². The molecule has 0 bridgehead atoms. The van der Waals surface area contributed by atoms with E-state index in [0.717, 1.165) is 0 Å². The molecule has 48 valence electrons. The fourth-order valence-electron chi connectivity index (χ4n) is 0.367. The number of rotatable bonds is 2.